The minimum absolute atomic E-state index is 0.0944. The maximum absolute atomic E-state index is 11.1. The second kappa shape index (κ2) is 3.94. The van der Waals surface area contributed by atoms with Crippen molar-refractivity contribution in [2.45, 2.75) is 12.3 Å². The van der Waals surface area contributed by atoms with Crippen molar-refractivity contribution < 1.29 is 19.8 Å². The van der Waals surface area contributed by atoms with Gasteiger partial charge in [0.1, 0.15) is 5.92 Å². The molecule has 0 radical (unpaired) electrons. The number of benzene rings is 1. The Hall–Kier alpha value is -1.88. The van der Waals surface area contributed by atoms with Crippen molar-refractivity contribution in [1.29, 1.82) is 0 Å². The molecule has 0 aliphatic carbocycles. The number of aliphatic hydroxyl groups excluding tert-OH is 1. The Morgan fingerprint density at radius 2 is 2.25 bits per heavy atom. The van der Waals surface area contributed by atoms with Crippen LogP contribution in [-0.4, -0.2) is 28.7 Å². The van der Waals surface area contributed by atoms with Gasteiger partial charge in [-0.3, -0.25) is 9.59 Å². The lowest BCUT2D eigenvalue weighted by Gasteiger charge is -2.10. The Morgan fingerprint density at radius 3 is 2.88 bits per heavy atom. The SMILES string of the molecule is O=C1Cc2cc(C(CO)C(=O)O)ccc2N1. The van der Waals surface area contributed by atoms with Crippen LogP contribution in [0.25, 0.3) is 0 Å². The highest BCUT2D eigenvalue weighted by atomic mass is 16.4. The lowest BCUT2D eigenvalue weighted by molar-refractivity contribution is -0.139. The maximum Gasteiger partial charge on any atom is 0.313 e. The Labute approximate surface area is 91.7 Å². The lowest BCUT2D eigenvalue weighted by atomic mass is 9.97. The molecule has 1 aliphatic heterocycles. The van der Waals surface area contributed by atoms with E-state index in [0.29, 0.717) is 5.56 Å². The number of hydrogen-bond acceptors (Lipinski definition) is 3. The summed E-state index contributed by atoms with van der Waals surface area (Å²) in [7, 11) is 0. The van der Waals surface area contributed by atoms with E-state index < -0.39 is 18.5 Å². The van der Waals surface area contributed by atoms with Crippen molar-refractivity contribution in [2.24, 2.45) is 0 Å². The first-order valence-electron chi connectivity index (χ1n) is 4.88. The molecule has 1 aromatic carbocycles. The minimum Gasteiger partial charge on any atom is -0.481 e. The van der Waals surface area contributed by atoms with E-state index in [1.807, 2.05) is 0 Å². The average molecular weight is 221 g/mol. The van der Waals surface area contributed by atoms with Gasteiger partial charge in [-0.25, -0.2) is 0 Å². The third kappa shape index (κ3) is 1.77. The standard InChI is InChI=1S/C11H11NO4/c13-5-8(11(15)16)6-1-2-9-7(3-6)4-10(14)12-9/h1-3,8,13H,4-5H2,(H,12,14)(H,15,16). The van der Waals surface area contributed by atoms with Crippen LogP contribution in [0.2, 0.25) is 0 Å². The zero-order valence-electron chi connectivity index (χ0n) is 8.43. The van der Waals surface area contributed by atoms with Gasteiger partial charge in [0.2, 0.25) is 5.91 Å². The number of nitrogens with one attached hydrogen (secondary N) is 1. The fourth-order valence-electron chi connectivity index (χ4n) is 1.79. The molecule has 1 unspecified atom stereocenters. The molecule has 0 spiro atoms. The van der Waals surface area contributed by atoms with E-state index >= 15 is 0 Å². The third-order valence-electron chi connectivity index (χ3n) is 2.64. The monoisotopic (exact) mass is 221 g/mol. The van der Waals surface area contributed by atoms with Crippen molar-refractivity contribution in [3.05, 3.63) is 29.3 Å². The average Bonchev–Trinajstić information content (AvgIpc) is 2.57. The minimum atomic E-state index is -1.07. The van der Waals surface area contributed by atoms with E-state index in [1.54, 1.807) is 18.2 Å². The van der Waals surface area contributed by atoms with Gasteiger partial charge in [0.15, 0.2) is 0 Å². The Morgan fingerprint density at radius 1 is 1.50 bits per heavy atom. The number of aliphatic hydroxyl groups is 1. The number of hydrogen-bond donors (Lipinski definition) is 3. The molecule has 1 aliphatic rings. The first-order chi connectivity index (χ1) is 7.61. The van der Waals surface area contributed by atoms with E-state index in [9.17, 15) is 9.59 Å². The van der Waals surface area contributed by atoms with Gasteiger partial charge in [0.25, 0.3) is 0 Å². The lowest BCUT2D eigenvalue weighted by Crippen LogP contribution is -2.15. The highest BCUT2D eigenvalue weighted by molar-refractivity contribution is 5.99. The Balaban J connectivity index is 2.35. The number of fused-ring (bicyclic) bond motifs is 1. The Kier molecular flexibility index (Phi) is 2.62. The zero-order valence-corrected chi connectivity index (χ0v) is 8.43. The van der Waals surface area contributed by atoms with Crippen molar-refractivity contribution in [3.63, 3.8) is 0 Å². The van der Waals surface area contributed by atoms with Gasteiger partial charge in [-0.15, -0.1) is 0 Å². The highest BCUT2D eigenvalue weighted by Crippen LogP contribution is 2.27. The number of carbonyl (C=O) groups is 2. The molecule has 3 N–H and O–H groups in total. The molecule has 0 saturated heterocycles. The smallest absolute Gasteiger partial charge is 0.313 e. The van der Waals surface area contributed by atoms with E-state index in [1.165, 1.54) is 0 Å². The van der Waals surface area contributed by atoms with E-state index in [4.69, 9.17) is 10.2 Å². The summed E-state index contributed by atoms with van der Waals surface area (Å²) in [6.07, 6.45) is 0.265. The molecule has 2 rings (SSSR count). The van der Waals surface area contributed by atoms with Crippen molar-refractivity contribution in [2.75, 3.05) is 11.9 Å². The Bertz CT molecular complexity index is 455. The molecule has 16 heavy (non-hydrogen) atoms. The maximum atomic E-state index is 11.1. The van der Waals surface area contributed by atoms with E-state index in [-0.39, 0.29) is 12.3 Å². The molecule has 1 aromatic rings. The molecule has 5 heteroatoms. The summed E-state index contributed by atoms with van der Waals surface area (Å²) in [4.78, 5) is 22.0. The van der Waals surface area contributed by atoms with Crippen LogP contribution in [0.1, 0.15) is 17.0 Å². The number of carbonyl (C=O) groups excluding carboxylic acids is 1. The quantitative estimate of drug-likeness (QED) is 0.687. The van der Waals surface area contributed by atoms with Gasteiger partial charge in [-0.05, 0) is 17.2 Å². The van der Waals surface area contributed by atoms with Gasteiger partial charge in [-0.1, -0.05) is 12.1 Å². The molecule has 84 valence electrons. The van der Waals surface area contributed by atoms with Crippen LogP contribution >= 0.6 is 0 Å². The third-order valence-corrected chi connectivity index (χ3v) is 2.64. The summed E-state index contributed by atoms with van der Waals surface area (Å²) in [5.41, 5.74) is 2.02. The summed E-state index contributed by atoms with van der Waals surface area (Å²) < 4.78 is 0. The van der Waals surface area contributed by atoms with Crippen LogP contribution in [0.3, 0.4) is 0 Å². The molecule has 5 nitrogen and oxygen atoms in total. The van der Waals surface area contributed by atoms with E-state index in [2.05, 4.69) is 5.32 Å². The molecular weight excluding hydrogens is 210 g/mol. The van der Waals surface area contributed by atoms with Crippen LogP contribution in [0.4, 0.5) is 5.69 Å². The molecule has 0 saturated carbocycles. The van der Waals surface area contributed by atoms with Gasteiger partial charge in [0, 0.05) is 5.69 Å². The predicted octanol–water partition coefficient (Wildman–Crippen LogP) is 0.342. The molecule has 0 fully saturated rings. The molecule has 1 atom stereocenters. The molecular formula is C11H11NO4. The normalized spacial score (nSPS) is 15.4. The summed E-state index contributed by atoms with van der Waals surface area (Å²) in [6.45, 7) is -0.449. The number of carboxylic acid groups (broad SMARTS) is 1. The molecule has 0 aromatic heterocycles. The predicted molar refractivity (Wildman–Crippen MR) is 56.2 cm³/mol. The second-order valence-corrected chi connectivity index (χ2v) is 3.71. The number of anilines is 1. The van der Waals surface area contributed by atoms with Gasteiger partial charge in [-0.2, -0.15) is 0 Å². The van der Waals surface area contributed by atoms with Crippen LogP contribution in [0.5, 0.6) is 0 Å². The first-order valence-corrected chi connectivity index (χ1v) is 4.88. The topological polar surface area (TPSA) is 86.6 Å². The zero-order chi connectivity index (χ0) is 11.7. The largest absolute Gasteiger partial charge is 0.481 e. The summed E-state index contributed by atoms with van der Waals surface area (Å²) in [6, 6.07) is 4.93. The number of carboxylic acids is 1. The molecule has 1 heterocycles. The van der Waals surface area contributed by atoms with Crippen LogP contribution in [0.15, 0.2) is 18.2 Å². The summed E-state index contributed by atoms with van der Waals surface area (Å²) in [5, 5.41) is 20.5. The summed E-state index contributed by atoms with van der Waals surface area (Å²) in [5.74, 6) is -2.09. The fourth-order valence-corrected chi connectivity index (χ4v) is 1.79. The van der Waals surface area contributed by atoms with Gasteiger partial charge >= 0.3 is 5.97 Å². The fraction of sp³-hybridized carbons (Fsp3) is 0.273. The van der Waals surface area contributed by atoms with Crippen molar-refractivity contribution in [3.8, 4) is 0 Å². The van der Waals surface area contributed by atoms with Crippen LogP contribution in [-0.2, 0) is 16.0 Å². The van der Waals surface area contributed by atoms with Crippen molar-refractivity contribution >= 4 is 17.6 Å². The summed E-state index contributed by atoms with van der Waals surface area (Å²) >= 11 is 0. The highest BCUT2D eigenvalue weighted by Gasteiger charge is 2.23. The second-order valence-electron chi connectivity index (χ2n) is 3.71. The van der Waals surface area contributed by atoms with Crippen LogP contribution < -0.4 is 5.32 Å². The molecule has 1 amide bonds. The van der Waals surface area contributed by atoms with Gasteiger partial charge in [0.05, 0.1) is 13.0 Å². The first kappa shape index (κ1) is 10.6. The number of amides is 1. The van der Waals surface area contributed by atoms with Crippen molar-refractivity contribution in [1.82, 2.24) is 0 Å². The molecule has 0 bridgehead atoms. The van der Waals surface area contributed by atoms with E-state index in [0.717, 1.165) is 11.3 Å². The van der Waals surface area contributed by atoms with Gasteiger partial charge < -0.3 is 15.5 Å². The van der Waals surface area contributed by atoms with Crippen LogP contribution in [0, 0.1) is 0 Å². The number of rotatable bonds is 3. The number of aliphatic carboxylic acids is 1.